The van der Waals surface area contributed by atoms with E-state index in [0.717, 1.165) is 0 Å². The third-order valence-corrected chi connectivity index (χ3v) is 6.17. The molecule has 0 bridgehead atoms. The second-order valence-corrected chi connectivity index (χ2v) is 64.2. The van der Waals surface area contributed by atoms with Gasteiger partial charge in [0.1, 0.15) is 0 Å². The molecule has 20 heavy (non-hydrogen) atoms. The minimum atomic E-state index is -5.42. The molecule has 1 rings (SSSR count). The van der Waals surface area contributed by atoms with Crippen LogP contribution in [0.15, 0.2) is 0 Å². The van der Waals surface area contributed by atoms with E-state index in [1.807, 2.05) is 0 Å². The Hall–Kier alpha value is 2.72. The van der Waals surface area contributed by atoms with Gasteiger partial charge in [0.25, 0.3) is 0 Å². The summed E-state index contributed by atoms with van der Waals surface area (Å²) in [6.45, 7) is 0. The molecule has 0 aliphatic rings. The summed E-state index contributed by atoms with van der Waals surface area (Å²) in [5.74, 6) is 0. The zero-order valence-corrected chi connectivity index (χ0v) is 18.8. The molecule has 0 spiro atoms. The molecule has 1 nitrogen and oxygen atoms in total. The molecule has 0 unspecified atom stereocenters. The predicted molar refractivity (Wildman–Crippen MR) is 73.4 cm³/mol. The molecule has 0 amide bonds. The van der Waals surface area contributed by atoms with Crippen molar-refractivity contribution in [1.29, 1.82) is 0 Å². The Morgan fingerprint density at radius 2 is 1.20 bits per heavy atom. The van der Waals surface area contributed by atoms with Gasteiger partial charge in [0, 0.05) is 0 Å². The average molecular weight is 668 g/mol. The Balaban J connectivity index is 0.000000441. The molecular formula is C4Cl6F6NSbSe2. The molecule has 122 valence electrons. The fraction of sp³-hybridized carbons (Fsp3) is 0.500. The summed E-state index contributed by atoms with van der Waals surface area (Å²) in [5, 5.41) is 0. The number of nitrogens with zero attached hydrogens (tertiary/aromatic N) is 1. The van der Waals surface area contributed by atoms with Crippen LogP contribution < -0.4 is 0 Å². The molecule has 0 aliphatic carbocycles. The normalized spacial score (nSPS) is 16.8. The number of rotatable bonds is 0. The van der Waals surface area contributed by atoms with E-state index in [4.69, 9.17) is 53.0 Å². The molecule has 0 radical (unpaired) electrons. The number of alkyl halides is 6. The van der Waals surface area contributed by atoms with Crippen molar-refractivity contribution in [3.63, 3.8) is 0 Å². The maximum atomic E-state index is 11.9. The van der Waals surface area contributed by atoms with Gasteiger partial charge in [-0.15, -0.1) is 0 Å². The summed E-state index contributed by atoms with van der Waals surface area (Å²) in [5.41, 5.74) is 0. The first-order chi connectivity index (χ1) is 8.18. The van der Waals surface area contributed by atoms with Crippen molar-refractivity contribution in [2.45, 2.75) is 12.4 Å². The van der Waals surface area contributed by atoms with E-state index in [9.17, 15) is 26.3 Å². The average Bonchev–Trinajstić information content (AvgIpc) is 2.39. The third-order valence-electron chi connectivity index (χ3n) is 0.978. The monoisotopic (exact) mass is 667 g/mol. The van der Waals surface area contributed by atoms with Crippen LogP contribution in [-0.2, 0) is 12.4 Å². The van der Waals surface area contributed by atoms with Crippen molar-refractivity contribution >= 4 is 91.6 Å². The summed E-state index contributed by atoms with van der Waals surface area (Å²) in [4.78, 5) is 0. The molecule has 0 N–H and O–H groups in total. The van der Waals surface area contributed by atoms with Crippen LogP contribution in [0.25, 0.3) is 0 Å². The summed E-state index contributed by atoms with van der Waals surface area (Å²) in [7, 11) is 25.0. The van der Waals surface area contributed by atoms with E-state index < -0.39 is 59.8 Å². The van der Waals surface area contributed by atoms with Crippen molar-refractivity contribution in [2.24, 2.45) is 0 Å². The van der Waals surface area contributed by atoms with Crippen molar-refractivity contribution < 1.29 is 26.3 Å². The van der Waals surface area contributed by atoms with Crippen molar-refractivity contribution in [1.82, 2.24) is 2.97 Å². The van der Waals surface area contributed by atoms with Crippen LogP contribution in [0.1, 0.15) is 8.87 Å². The van der Waals surface area contributed by atoms with Gasteiger partial charge in [-0.05, 0) is 0 Å². The summed E-state index contributed by atoms with van der Waals surface area (Å²) >= 11 is -2.83. The fourth-order valence-corrected chi connectivity index (χ4v) is 5.04. The molecule has 0 fully saturated rings. The van der Waals surface area contributed by atoms with Gasteiger partial charge in [-0.3, -0.25) is 0 Å². The first kappa shape index (κ1) is 22.7. The van der Waals surface area contributed by atoms with Gasteiger partial charge in [0.05, 0.1) is 0 Å². The van der Waals surface area contributed by atoms with Gasteiger partial charge in [0.2, 0.25) is 0 Å². The molecule has 0 aliphatic heterocycles. The first-order valence-electron chi connectivity index (χ1n) is 3.67. The number of hydrogen-bond donors (Lipinski definition) is 0. The first-order valence-corrected chi connectivity index (χ1v) is 26.3. The fourth-order valence-electron chi connectivity index (χ4n) is 0.537. The molecule has 0 saturated heterocycles. The van der Waals surface area contributed by atoms with Crippen molar-refractivity contribution in [3.8, 4) is 0 Å². The maximum absolute atomic E-state index is 11.9. The van der Waals surface area contributed by atoms with Crippen LogP contribution in [-0.4, -0.2) is 41.6 Å². The third kappa shape index (κ3) is 13.2. The topological polar surface area (TPSA) is 12.9 Å². The standard InChI is InChI=1S/C4F6NSe2.6ClH.Sb/c5-3(6,7)1-2(4(8,9)10)13-11-12-1;;;;;;;/h;6*1H;/q+1;;;;;;;+5/p-6. The van der Waals surface area contributed by atoms with Gasteiger partial charge >= 0.3 is 142 Å². The van der Waals surface area contributed by atoms with Gasteiger partial charge in [-0.1, -0.05) is 0 Å². The van der Waals surface area contributed by atoms with Crippen molar-refractivity contribution in [3.05, 3.63) is 8.87 Å². The van der Waals surface area contributed by atoms with E-state index in [0.29, 0.717) is 0 Å². The van der Waals surface area contributed by atoms with Gasteiger partial charge in [0.15, 0.2) is 0 Å². The van der Waals surface area contributed by atoms with E-state index in [2.05, 4.69) is 2.97 Å². The van der Waals surface area contributed by atoms with Crippen LogP contribution in [0.5, 0.6) is 0 Å². The Morgan fingerprint density at radius 1 is 0.850 bits per heavy atom. The molecule has 0 saturated carbocycles. The zero-order chi connectivity index (χ0) is 16.7. The van der Waals surface area contributed by atoms with Crippen LogP contribution >= 0.6 is 53.0 Å². The minimum absolute atomic E-state index is 1.41. The van der Waals surface area contributed by atoms with Crippen LogP contribution in [0.2, 0.25) is 0 Å². The quantitative estimate of drug-likeness (QED) is 0.272. The number of aromatic nitrogens is 1. The Labute approximate surface area is 140 Å². The summed E-state index contributed by atoms with van der Waals surface area (Å²) < 4.78 is 71.9. The van der Waals surface area contributed by atoms with Crippen LogP contribution in [0, 0.1) is 0 Å². The molecule has 0 atom stereocenters. The zero-order valence-electron chi connectivity index (χ0n) is 8.25. The van der Waals surface area contributed by atoms with Gasteiger partial charge < -0.3 is 0 Å². The number of hydrogen-bond acceptors (Lipinski definition) is 1. The molecule has 16 heteroatoms. The van der Waals surface area contributed by atoms with Gasteiger partial charge in [-0.2, -0.15) is 0 Å². The second-order valence-electron chi connectivity index (χ2n) is 2.87. The van der Waals surface area contributed by atoms with E-state index >= 15 is 0 Å². The summed E-state index contributed by atoms with van der Waals surface area (Å²) in [6, 6.07) is 0. The summed E-state index contributed by atoms with van der Waals surface area (Å²) in [6.07, 6.45) is -9.76. The van der Waals surface area contributed by atoms with Crippen molar-refractivity contribution in [2.75, 3.05) is 0 Å². The Kier molecular flexibility index (Phi) is 7.06. The van der Waals surface area contributed by atoms with E-state index in [1.165, 1.54) is 0 Å². The van der Waals surface area contributed by atoms with Gasteiger partial charge in [-0.25, -0.2) is 0 Å². The van der Waals surface area contributed by atoms with Crippen LogP contribution in [0.3, 0.4) is 0 Å². The van der Waals surface area contributed by atoms with E-state index in [1.54, 1.807) is 0 Å². The molecule has 1 heterocycles. The SMILES string of the molecule is FC(F)(F)c1[se]n[se+]c1C(F)(F)F.[Cl][Sb-]([Cl])([Cl])([Cl])([Cl])[Cl]. The molecular weight excluding hydrogens is 668 g/mol. The Morgan fingerprint density at radius 3 is 1.40 bits per heavy atom. The molecule has 1 aromatic rings. The molecule has 0 aromatic carbocycles. The van der Waals surface area contributed by atoms with E-state index in [-0.39, 0.29) is 0 Å². The van der Waals surface area contributed by atoms with Crippen LogP contribution in [0.4, 0.5) is 26.3 Å². The Bertz CT molecular complexity index is 435. The molecule has 1 aromatic heterocycles. The second kappa shape index (κ2) is 6.22. The number of halogens is 12. The predicted octanol–water partition coefficient (Wildman–Crippen LogP) is 5.27.